The van der Waals surface area contributed by atoms with Gasteiger partial charge < -0.3 is 5.73 Å². The van der Waals surface area contributed by atoms with E-state index in [1.54, 1.807) is 0 Å². The molecule has 2 heteroatoms. The summed E-state index contributed by atoms with van der Waals surface area (Å²) in [7, 11) is 0. The van der Waals surface area contributed by atoms with Crippen LogP contribution in [0.15, 0.2) is 0 Å². The Labute approximate surface area is 100.0 Å². The van der Waals surface area contributed by atoms with Gasteiger partial charge in [-0.15, -0.1) is 0 Å². The van der Waals surface area contributed by atoms with Gasteiger partial charge in [0.05, 0.1) is 6.04 Å². The number of carbonyl (C=O) groups is 1. The van der Waals surface area contributed by atoms with E-state index in [9.17, 15) is 4.79 Å². The Morgan fingerprint density at radius 2 is 1.75 bits per heavy atom. The summed E-state index contributed by atoms with van der Waals surface area (Å²) in [5.74, 6) is 1.93. The second-order valence-corrected chi connectivity index (χ2v) is 5.90. The Kier molecular flexibility index (Phi) is 4.97. The van der Waals surface area contributed by atoms with Gasteiger partial charge in [-0.05, 0) is 24.2 Å². The molecule has 0 radical (unpaired) electrons. The molecule has 94 valence electrons. The van der Waals surface area contributed by atoms with Crippen LogP contribution in [-0.2, 0) is 4.79 Å². The monoisotopic (exact) mass is 225 g/mol. The lowest BCUT2D eigenvalue weighted by molar-refractivity contribution is -0.127. The lowest BCUT2D eigenvalue weighted by Gasteiger charge is -2.28. The van der Waals surface area contributed by atoms with Crippen LogP contribution in [0, 0.1) is 23.7 Å². The quantitative estimate of drug-likeness (QED) is 0.750. The van der Waals surface area contributed by atoms with Crippen LogP contribution in [-0.4, -0.2) is 11.8 Å². The minimum absolute atomic E-state index is 0.204. The average Bonchev–Trinajstić information content (AvgIpc) is 2.40. The van der Waals surface area contributed by atoms with Crippen molar-refractivity contribution in [3.05, 3.63) is 0 Å². The number of Topliss-reactive ketones (excluding diaryl/α,β-unsaturated/α-hetero) is 1. The van der Waals surface area contributed by atoms with Crippen LogP contribution >= 0.6 is 0 Å². The van der Waals surface area contributed by atoms with Gasteiger partial charge in [0.25, 0.3) is 0 Å². The van der Waals surface area contributed by atoms with Crippen molar-refractivity contribution in [1.29, 1.82) is 0 Å². The van der Waals surface area contributed by atoms with Crippen molar-refractivity contribution >= 4 is 5.78 Å². The molecule has 1 fully saturated rings. The molecule has 0 aromatic carbocycles. The van der Waals surface area contributed by atoms with E-state index >= 15 is 0 Å². The summed E-state index contributed by atoms with van der Waals surface area (Å²) in [5, 5.41) is 0. The topological polar surface area (TPSA) is 43.1 Å². The van der Waals surface area contributed by atoms with Crippen molar-refractivity contribution in [3.63, 3.8) is 0 Å². The molecule has 1 aliphatic carbocycles. The molecule has 0 aromatic rings. The van der Waals surface area contributed by atoms with Gasteiger partial charge >= 0.3 is 0 Å². The molecule has 0 aromatic heterocycles. The highest BCUT2D eigenvalue weighted by Crippen LogP contribution is 2.34. The van der Waals surface area contributed by atoms with Gasteiger partial charge in [0.15, 0.2) is 5.78 Å². The van der Waals surface area contributed by atoms with Crippen LogP contribution < -0.4 is 5.73 Å². The van der Waals surface area contributed by atoms with Gasteiger partial charge in [0.1, 0.15) is 0 Å². The number of ketones is 1. The molecule has 0 heterocycles. The lowest BCUT2D eigenvalue weighted by Crippen LogP contribution is -2.42. The summed E-state index contributed by atoms with van der Waals surface area (Å²) < 4.78 is 0. The van der Waals surface area contributed by atoms with E-state index in [2.05, 4.69) is 13.8 Å². The Hall–Kier alpha value is -0.370. The number of nitrogens with two attached hydrogens (primary N) is 1. The summed E-state index contributed by atoms with van der Waals surface area (Å²) in [6, 6.07) is -0.266. The minimum atomic E-state index is -0.266. The smallest absolute Gasteiger partial charge is 0.153 e. The molecule has 1 aliphatic rings. The van der Waals surface area contributed by atoms with Crippen LogP contribution in [0.25, 0.3) is 0 Å². The zero-order valence-electron chi connectivity index (χ0n) is 11.2. The normalized spacial score (nSPS) is 33.5. The van der Waals surface area contributed by atoms with Crippen molar-refractivity contribution in [3.8, 4) is 0 Å². The van der Waals surface area contributed by atoms with E-state index in [0.717, 1.165) is 6.42 Å². The number of hydrogen-bond acceptors (Lipinski definition) is 2. The summed E-state index contributed by atoms with van der Waals surface area (Å²) in [4.78, 5) is 12.3. The van der Waals surface area contributed by atoms with E-state index in [4.69, 9.17) is 5.73 Å². The van der Waals surface area contributed by atoms with Gasteiger partial charge in [0, 0.05) is 5.92 Å². The summed E-state index contributed by atoms with van der Waals surface area (Å²) >= 11 is 0. The molecule has 1 rings (SSSR count). The van der Waals surface area contributed by atoms with E-state index in [1.807, 2.05) is 13.8 Å². The second kappa shape index (κ2) is 5.81. The zero-order chi connectivity index (χ0) is 12.3. The molecule has 1 unspecified atom stereocenters. The maximum Gasteiger partial charge on any atom is 0.153 e. The van der Waals surface area contributed by atoms with Gasteiger partial charge in [0.2, 0.25) is 0 Å². The predicted octanol–water partition coefficient (Wildman–Crippen LogP) is 3.00. The Bertz CT molecular complexity index is 237. The maximum absolute atomic E-state index is 12.3. The molecule has 0 spiro atoms. The molecular formula is C14H27NO. The molecule has 4 atom stereocenters. The molecule has 2 N–H and O–H groups in total. The van der Waals surface area contributed by atoms with Crippen molar-refractivity contribution in [2.24, 2.45) is 29.4 Å². The Morgan fingerprint density at radius 1 is 1.19 bits per heavy atom. The fourth-order valence-electron chi connectivity index (χ4n) is 2.73. The summed E-state index contributed by atoms with van der Waals surface area (Å²) in [6.07, 6.45) is 4.77. The molecule has 0 saturated heterocycles. The summed E-state index contributed by atoms with van der Waals surface area (Å²) in [5.41, 5.74) is 6.00. The minimum Gasteiger partial charge on any atom is -0.321 e. The molecule has 2 nitrogen and oxygen atoms in total. The largest absolute Gasteiger partial charge is 0.321 e. The van der Waals surface area contributed by atoms with Crippen molar-refractivity contribution in [2.75, 3.05) is 0 Å². The molecule has 1 saturated carbocycles. The summed E-state index contributed by atoms with van der Waals surface area (Å²) in [6.45, 7) is 8.57. The van der Waals surface area contributed by atoms with E-state index in [1.165, 1.54) is 19.3 Å². The van der Waals surface area contributed by atoms with Crippen LogP contribution in [0.5, 0.6) is 0 Å². The maximum atomic E-state index is 12.3. The first-order chi connectivity index (χ1) is 7.45. The number of carbonyl (C=O) groups excluding carboxylic acids is 1. The van der Waals surface area contributed by atoms with E-state index in [0.29, 0.717) is 17.6 Å². The molecule has 0 amide bonds. The van der Waals surface area contributed by atoms with Gasteiger partial charge in [-0.25, -0.2) is 0 Å². The molecular weight excluding hydrogens is 198 g/mol. The second-order valence-electron chi connectivity index (χ2n) is 5.90. The van der Waals surface area contributed by atoms with Crippen LogP contribution in [0.4, 0.5) is 0 Å². The first-order valence-corrected chi connectivity index (χ1v) is 6.74. The van der Waals surface area contributed by atoms with Crippen LogP contribution in [0.3, 0.4) is 0 Å². The fourth-order valence-corrected chi connectivity index (χ4v) is 2.73. The third-order valence-corrected chi connectivity index (χ3v) is 4.37. The highest BCUT2D eigenvalue weighted by atomic mass is 16.1. The average molecular weight is 225 g/mol. The Morgan fingerprint density at radius 3 is 2.31 bits per heavy atom. The number of rotatable bonds is 3. The third kappa shape index (κ3) is 3.07. The first-order valence-electron chi connectivity index (χ1n) is 6.74. The molecule has 0 bridgehead atoms. The third-order valence-electron chi connectivity index (χ3n) is 4.37. The van der Waals surface area contributed by atoms with Crippen LogP contribution in [0.1, 0.15) is 53.4 Å². The molecule has 16 heavy (non-hydrogen) atoms. The van der Waals surface area contributed by atoms with Crippen molar-refractivity contribution in [1.82, 2.24) is 0 Å². The van der Waals surface area contributed by atoms with E-state index in [-0.39, 0.29) is 17.9 Å². The van der Waals surface area contributed by atoms with Crippen molar-refractivity contribution in [2.45, 2.75) is 59.4 Å². The fraction of sp³-hybridized carbons (Fsp3) is 0.929. The van der Waals surface area contributed by atoms with Gasteiger partial charge in [-0.3, -0.25) is 4.79 Å². The van der Waals surface area contributed by atoms with Gasteiger partial charge in [-0.2, -0.15) is 0 Å². The van der Waals surface area contributed by atoms with Crippen molar-refractivity contribution < 1.29 is 4.79 Å². The predicted molar refractivity (Wildman–Crippen MR) is 68.1 cm³/mol. The highest BCUT2D eigenvalue weighted by molar-refractivity contribution is 5.86. The first kappa shape index (κ1) is 13.7. The Balaban J connectivity index is 2.72. The van der Waals surface area contributed by atoms with E-state index < -0.39 is 0 Å². The lowest BCUT2D eigenvalue weighted by atomic mass is 9.77. The number of hydrogen-bond donors (Lipinski definition) is 1. The van der Waals surface area contributed by atoms with Gasteiger partial charge in [-0.1, -0.05) is 47.0 Å². The molecule has 0 aliphatic heterocycles. The zero-order valence-corrected chi connectivity index (χ0v) is 11.2. The van der Waals surface area contributed by atoms with Crippen LogP contribution in [0.2, 0.25) is 0 Å². The highest BCUT2D eigenvalue weighted by Gasteiger charge is 2.33. The SMILES string of the molecule is CC(C)[C@H](N)C(=O)C1CCCC[C@@H](C)[C@H]1C. The standard InChI is InChI=1S/C14H27NO/c1-9(2)13(15)14(16)12-8-6-5-7-10(3)11(12)4/h9-13H,5-8,15H2,1-4H3/t10-,11-,12?,13+/m1/s1.